The maximum absolute atomic E-state index is 6.36. The van der Waals surface area contributed by atoms with Crippen LogP contribution in [0, 0.1) is 5.92 Å². The molecule has 0 aliphatic heterocycles. The van der Waals surface area contributed by atoms with E-state index in [1.165, 1.54) is 10.5 Å². The first-order chi connectivity index (χ1) is 7.85. The predicted molar refractivity (Wildman–Crippen MR) is 78.4 cm³/mol. The van der Waals surface area contributed by atoms with Crippen LogP contribution in [0.15, 0.2) is 29.2 Å². The smallest absolute Gasteiger partial charge is 0.0331 e. The van der Waals surface area contributed by atoms with Crippen molar-refractivity contribution in [3.63, 3.8) is 0 Å². The number of thioether (sulfide) groups is 1. The summed E-state index contributed by atoms with van der Waals surface area (Å²) in [5.74, 6) is 0.525. The number of rotatable bonds is 4. The summed E-state index contributed by atoms with van der Waals surface area (Å²) < 4.78 is 0.227. The number of hydrogen-bond acceptors (Lipinski definition) is 2. The Morgan fingerprint density at radius 3 is 2.35 bits per heavy atom. The third kappa shape index (κ3) is 4.36. The molecule has 2 atom stereocenters. The van der Waals surface area contributed by atoms with E-state index < -0.39 is 0 Å². The first-order valence-corrected chi connectivity index (χ1v) is 7.20. The second-order valence-electron chi connectivity index (χ2n) is 5.66. The van der Waals surface area contributed by atoms with Crippen LogP contribution in [-0.4, -0.2) is 4.75 Å². The highest BCUT2D eigenvalue weighted by molar-refractivity contribution is 8.00. The molecular formula is C15H25NS. The molecule has 0 spiro atoms. The van der Waals surface area contributed by atoms with Crippen molar-refractivity contribution >= 4 is 11.8 Å². The van der Waals surface area contributed by atoms with Gasteiger partial charge in [0.25, 0.3) is 0 Å². The predicted octanol–water partition coefficient (Wildman–Crippen LogP) is 4.62. The van der Waals surface area contributed by atoms with Gasteiger partial charge in [-0.25, -0.2) is 0 Å². The maximum Gasteiger partial charge on any atom is 0.0331 e. The van der Waals surface area contributed by atoms with Crippen molar-refractivity contribution in [2.75, 3.05) is 0 Å². The van der Waals surface area contributed by atoms with Gasteiger partial charge >= 0.3 is 0 Å². The zero-order valence-electron chi connectivity index (χ0n) is 11.7. The normalized spacial score (nSPS) is 15.6. The fraction of sp³-hybridized carbons (Fsp3) is 0.600. The Bertz CT molecular complexity index is 354. The van der Waals surface area contributed by atoms with Crippen LogP contribution in [0.3, 0.4) is 0 Å². The summed E-state index contributed by atoms with van der Waals surface area (Å²) in [4.78, 5) is 1.33. The molecule has 0 radical (unpaired) electrons. The zero-order valence-corrected chi connectivity index (χ0v) is 12.5. The summed E-state index contributed by atoms with van der Waals surface area (Å²) in [6.07, 6.45) is 1.12. The highest BCUT2D eigenvalue weighted by atomic mass is 32.2. The minimum Gasteiger partial charge on any atom is -0.324 e. The van der Waals surface area contributed by atoms with Crippen LogP contribution >= 0.6 is 11.8 Å². The van der Waals surface area contributed by atoms with Crippen molar-refractivity contribution in [2.45, 2.75) is 56.7 Å². The summed E-state index contributed by atoms with van der Waals surface area (Å²) >= 11 is 1.90. The summed E-state index contributed by atoms with van der Waals surface area (Å²) in [5.41, 5.74) is 7.65. The van der Waals surface area contributed by atoms with E-state index in [-0.39, 0.29) is 10.8 Å². The van der Waals surface area contributed by atoms with E-state index in [1.807, 2.05) is 11.8 Å². The first kappa shape index (κ1) is 14.6. The monoisotopic (exact) mass is 251 g/mol. The molecule has 0 aromatic heterocycles. The van der Waals surface area contributed by atoms with Gasteiger partial charge in [0.2, 0.25) is 0 Å². The van der Waals surface area contributed by atoms with Gasteiger partial charge in [-0.1, -0.05) is 59.2 Å². The molecule has 1 unspecified atom stereocenters. The molecule has 0 amide bonds. The third-order valence-electron chi connectivity index (χ3n) is 2.95. The molecule has 0 bridgehead atoms. The van der Waals surface area contributed by atoms with E-state index in [4.69, 9.17) is 5.73 Å². The molecule has 0 aliphatic carbocycles. The topological polar surface area (TPSA) is 26.0 Å². The molecule has 0 saturated carbocycles. The molecule has 0 aliphatic rings. The molecule has 96 valence electrons. The molecule has 0 heterocycles. The number of nitrogens with two attached hydrogens (primary N) is 1. The van der Waals surface area contributed by atoms with Gasteiger partial charge in [0.1, 0.15) is 0 Å². The molecule has 1 rings (SSSR count). The lowest BCUT2D eigenvalue weighted by molar-refractivity contribution is 0.452. The standard InChI is InChI=1S/C15H25NS/c1-6-11(2)14(16)12-9-7-8-10-13(12)17-15(3,4)5/h7-11,14H,6,16H2,1-5H3/t11?,14-/m1/s1. The Kier molecular flexibility index (Phi) is 5.08. The van der Waals surface area contributed by atoms with Crippen molar-refractivity contribution in [1.29, 1.82) is 0 Å². The van der Waals surface area contributed by atoms with Gasteiger partial charge in [-0.15, -0.1) is 11.8 Å². The highest BCUT2D eigenvalue weighted by Gasteiger charge is 2.20. The molecule has 1 aromatic carbocycles. The van der Waals surface area contributed by atoms with E-state index >= 15 is 0 Å². The van der Waals surface area contributed by atoms with Crippen LogP contribution in [0.25, 0.3) is 0 Å². The lowest BCUT2D eigenvalue weighted by Crippen LogP contribution is -2.20. The Morgan fingerprint density at radius 2 is 1.82 bits per heavy atom. The van der Waals surface area contributed by atoms with Crippen LogP contribution in [0.4, 0.5) is 0 Å². The molecule has 2 N–H and O–H groups in total. The summed E-state index contributed by atoms with van der Waals surface area (Å²) in [7, 11) is 0. The molecular weight excluding hydrogens is 226 g/mol. The average Bonchev–Trinajstić information content (AvgIpc) is 2.25. The molecule has 17 heavy (non-hydrogen) atoms. The fourth-order valence-electron chi connectivity index (χ4n) is 1.74. The Labute approximate surface area is 110 Å². The first-order valence-electron chi connectivity index (χ1n) is 6.38. The Balaban J connectivity index is 2.99. The molecule has 2 heteroatoms. The van der Waals surface area contributed by atoms with Crippen molar-refractivity contribution in [3.05, 3.63) is 29.8 Å². The van der Waals surface area contributed by atoms with Gasteiger partial charge in [-0.2, -0.15) is 0 Å². The SMILES string of the molecule is CCC(C)[C@@H](N)c1ccccc1SC(C)(C)C. The van der Waals surface area contributed by atoms with Crippen molar-refractivity contribution < 1.29 is 0 Å². The fourth-order valence-corrected chi connectivity index (χ4v) is 2.87. The Morgan fingerprint density at radius 1 is 1.24 bits per heavy atom. The second kappa shape index (κ2) is 5.92. The van der Waals surface area contributed by atoms with E-state index in [9.17, 15) is 0 Å². The van der Waals surface area contributed by atoms with Crippen LogP contribution in [-0.2, 0) is 0 Å². The summed E-state index contributed by atoms with van der Waals surface area (Å²) in [5, 5.41) is 0. The highest BCUT2D eigenvalue weighted by Crippen LogP contribution is 2.37. The van der Waals surface area contributed by atoms with Crippen LogP contribution < -0.4 is 5.73 Å². The molecule has 0 saturated heterocycles. The maximum atomic E-state index is 6.36. The number of benzene rings is 1. The summed E-state index contributed by atoms with van der Waals surface area (Å²) in [6.45, 7) is 11.1. The molecule has 0 fully saturated rings. The van der Waals surface area contributed by atoms with E-state index in [2.05, 4.69) is 58.9 Å². The molecule has 1 nitrogen and oxygen atoms in total. The van der Waals surface area contributed by atoms with Crippen LogP contribution in [0.2, 0.25) is 0 Å². The molecule has 1 aromatic rings. The van der Waals surface area contributed by atoms with Gasteiger partial charge in [-0.05, 0) is 17.5 Å². The van der Waals surface area contributed by atoms with Gasteiger partial charge in [0.15, 0.2) is 0 Å². The third-order valence-corrected chi connectivity index (χ3v) is 4.16. The van der Waals surface area contributed by atoms with Crippen molar-refractivity contribution in [3.8, 4) is 0 Å². The van der Waals surface area contributed by atoms with Gasteiger partial charge < -0.3 is 5.73 Å². The average molecular weight is 251 g/mol. The van der Waals surface area contributed by atoms with E-state index in [0.717, 1.165) is 6.42 Å². The zero-order chi connectivity index (χ0) is 13.1. The minimum absolute atomic E-state index is 0.144. The number of hydrogen-bond donors (Lipinski definition) is 1. The van der Waals surface area contributed by atoms with Gasteiger partial charge in [-0.3, -0.25) is 0 Å². The largest absolute Gasteiger partial charge is 0.324 e. The van der Waals surface area contributed by atoms with Crippen molar-refractivity contribution in [1.82, 2.24) is 0 Å². The van der Waals surface area contributed by atoms with E-state index in [1.54, 1.807) is 0 Å². The van der Waals surface area contributed by atoms with Crippen LogP contribution in [0.5, 0.6) is 0 Å². The minimum atomic E-state index is 0.144. The lowest BCUT2D eigenvalue weighted by Gasteiger charge is -2.25. The van der Waals surface area contributed by atoms with Gasteiger partial charge in [0.05, 0.1) is 0 Å². The van der Waals surface area contributed by atoms with Crippen LogP contribution in [0.1, 0.15) is 52.6 Å². The lowest BCUT2D eigenvalue weighted by atomic mass is 9.93. The second-order valence-corrected chi connectivity index (χ2v) is 7.53. The summed E-state index contributed by atoms with van der Waals surface area (Å²) in [6, 6.07) is 8.69. The van der Waals surface area contributed by atoms with Gasteiger partial charge in [0, 0.05) is 15.7 Å². The van der Waals surface area contributed by atoms with E-state index in [0.29, 0.717) is 5.92 Å². The quantitative estimate of drug-likeness (QED) is 0.790. The Hall–Kier alpha value is -0.470. The van der Waals surface area contributed by atoms with Crippen molar-refractivity contribution in [2.24, 2.45) is 11.7 Å².